The van der Waals surface area contributed by atoms with Crippen LogP contribution in [0.2, 0.25) is 0 Å². The van der Waals surface area contributed by atoms with Crippen molar-refractivity contribution in [1.29, 1.82) is 0 Å². The van der Waals surface area contributed by atoms with Crippen molar-refractivity contribution >= 4 is 39.0 Å². The smallest absolute Gasteiger partial charge is 0.271 e. The lowest BCUT2D eigenvalue weighted by Gasteiger charge is -2.13. The van der Waals surface area contributed by atoms with Gasteiger partial charge in [-0.1, -0.05) is 0 Å². The number of nitrogens with zero attached hydrogens (tertiary/aromatic N) is 3. The van der Waals surface area contributed by atoms with Gasteiger partial charge in [0.2, 0.25) is 0 Å². The van der Waals surface area contributed by atoms with E-state index < -0.39 is 28.3 Å². The summed E-state index contributed by atoms with van der Waals surface area (Å²) in [6.07, 6.45) is 3.69. The molecule has 0 saturated carbocycles. The van der Waals surface area contributed by atoms with Gasteiger partial charge in [0.15, 0.2) is 11.5 Å². The first-order chi connectivity index (χ1) is 11.9. The molecule has 10 heteroatoms. The maximum atomic E-state index is 14.3. The predicted octanol–water partition coefficient (Wildman–Crippen LogP) is 1.88. The molecule has 0 aliphatic heterocycles. The second-order valence-electron chi connectivity index (χ2n) is 5.06. The number of anilines is 2. The Morgan fingerprint density at radius 1 is 1.20 bits per heavy atom. The number of primary amides is 1. The molecule has 7 nitrogen and oxygen atoms in total. The summed E-state index contributed by atoms with van der Waals surface area (Å²) in [4.78, 5) is 15.5. The number of carbonyl (C=O) groups is 1. The molecular formula is C15H11F2N5O2S. The molecule has 0 bridgehead atoms. The van der Waals surface area contributed by atoms with Crippen LogP contribution in [0.5, 0.6) is 0 Å². The average Bonchev–Trinajstić information content (AvgIpc) is 2.55. The van der Waals surface area contributed by atoms with Crippen molar-refractivity contribution < 1.29 is 17.8 Å². The van der Waals surface area contributed by atoms with Crippen LogP contribution in [0.15, 0.2) is 35.5 Å². The van der Waals surface area contributed by atoms with Gasteiger partial charge in [-0.2, -0.15) is 0 Å². The second-order valence-corrected chi connectivity index (χ2v) is 6.44. The number of hydrogen-bond acceptors (Lipinski definition) is 6. The van der Waals surface area contributed by atoms with Crippen molar-refractivity contribution in [1.82, 2.24) is 15.2 Å². The summed E-state index contributed by atoms with van der Waals surface area (Å²) in [5.74, 6) is -2.28. The second kappa shape index (κ2) is 6.48. The van der Waals surface area contributed by atoms with Crippen LogP contribution in [0.4, 0.5) is 20.2 Å². The van der Waals surface area contributed by atoms with Gasteiger partial charge in [-0.05, 0) is 12.1 Å². The Bertz CT molecular complexity index is 1030. The number of halogens is 2. The summed E-state index contributed by atoms with van der Waals surface area (Å²) in [7, 11) is -1.48. The van der Waals surface area contributed by atoms with Crippen LogP contribution in [0, 0.1) is 11.6 Å². The Balaban J connectivity index is 2.30. The molecule has 0 aliphatic rings. The third-order valence-corrected chi connectivity index (χ3v) is 4.23. The molecule has 1 atom stereocenters. The van der Waals surface area contributed by atoms with Gasteiger partial charge in [0.1, 0.15) is 11.3 Å². The fraction of sp³-hybridized carbons (Fsp3) is 0.0667. The molecule has 0 aliphatic carbocycles. The van der Waals surface area contributed by atoms with E-state index in [4.69, 9.17) is 5.73 Å². The van der Waals surface area contributed by atoms with E-state index in [0.717, 1.165) is 18.3 Å². The molecule has 0 radical (unpaired) electrons. The van der Waals surface area contributed by atoms with Crippen molar-refractivity contribution in [2.45, 2.75) is 4.90 Å². The zero-order chi connectivity index (χ0) is 18.1. The number of nitrogens with two attached hydrogens (primary N) is 1. The van der Waals surface area contributed by atoms with Crippen LogP contribution in [-0.2, 0) is 10.8 Å². The zero-order valence-corrected chi connectivity index (χ0v) is 13.6. The van der Waals surface area contributed by atoms with E-state index in [1.54, 1.807) is 0 Å². The van der Waals surface area contributed by atoms with Gasteiger partial charge in [-0.25, -0.2) is 8.78 Å². The lowest BCUT2D eigenvalue weighted by Crippen LogP contribution is -2.17. The number of nitrogens with one attached hydrogen (secondary N) is 1. The summed E-state index contributed by atoms with van der Waals surface area (Å²) >= 11 is 0. The van der Waals surface area contributed by atoms with Crippen LogP contribution in [-0.4, -0.2) is 31.6 Å². The molecule has 0 saturated heterocycles. The lowest BCUT2D eigenvalue weighted by atomic mass is 10.1. The van der Waals surface area contributed by atoms with Gasteiger partial charge in [-0.3, -0.25) is 14.0 Å². The Hall–Kier alpha value is -3.01. The molecule has 3 N–H and O–H groups in total. The van der Waals surface area contributed by atoms with Gasteiger partial charge in [0.25, 0.3) is 5.91 Å². The summed E-state index contributed by atoms with van der Waals surface area (Å²) in [6, 6.07) is 3.61. The summed E-state index contributed by atoms with van der Waals surface area (Å²) in [5, 5.41) is 10.2. The SMILES string of the molecule is CS(=O)c1cc(F)c2nnc(C(N)=O)c(Nc3cncc(F)c3)c2c1. The molecule has 2 aromatic heterocycles. The van der Waals surface area contributed by atoms with Crippen LogP contribution in [0.25, 0.3) is 10.9 Å². The van der Waals surface area contributed by atoms with E-state index in [1.165, 1.54) is 18.5 Å². The zero-order valence-electron chi connectivity index (χ0n) is 12.8. The summed E-state index contributed by atoms with van der Waals surface area (Å²) in [5.41, 5.74) is 5.10. The first-order valence-electron chi connectivity index (χ1n) is 6.87. The fourth-order valence-corrected chi connectivity index (χ4v) is 2.79. The van der Waals surface area contributed by atoms with Crippen molar-refractivity contribution in [2.75, 3.05) is 11.6 Å². The number of carbonyl (C=O) groups excluding carboxylic acids is 1. The van der Waals surface area contributed by atoms with Crippen LogP contribution in [0.3, 0.4) is 0 Å². The van der Waals surface area contributed by atoms with Crippen molar-refractivity contribution in [3.8, 4) is 0 Å². The molecule has 0 spiro atoms. The molecule has 25 heavy (non-hydrogen) atoms. The average molecular weight is 363 g/mol. The van der Waals surface area contributed by atoms with Crippen molar-refractivity contribution in [2.24, 2.45) is 5.73 Å². The Morgan fingerprint density at radius 3 is 2.60 bits per heavy atom. The van der Waals surface area contributed by atoms with Crippen LogP contribution in [0.1, 0.15) is 10.5 Å². The van der Waals surface area contributed by atoms with Crippen LogP contribution >= 0.6 is 0 Å². The minimum Gasteiger partial charge on any atom is -0.364 e. The predicted molar refractivity (Wildman–Crippen MR) is 87.8 cm³/mol. The first-order valence-corrected chi connectivity index (χ1v) is 8.43. The Labute approximate surface area is 142 Å². The number of aromatic nitrogens is 3. The summed E-state index contributed by atoms with van der Waals surface area (Å²) < 4.78 is 39.3. The topological polar surface area (TPSA) is 111 Å². The largest absolute Gasteiger partial charge is 0.364 e. The maximum absolute atomic E-state index is 14.3. The third kappa shape index (κ3) is 3.29. The number of rotatable bonds is 4. The molecule has 2 heterocycles. The molecule has 3 rings (SSSR count). The molecule has 0 fully saturated rings. The standard InChI is InChI=1S/C15H11F2N5O2S/c1-25(24)9-3-10-12(11(17)4-9)21-22-14(15(18)23)13(10)20-8-2-7(16)5-19-6-8/h2-6H,1H3,(H2,18,23)(H,20,21). The van der Waals surface area contributed by atoms with E-state index in [-0.39, 0.29) is 32.9 Å². The minimum absolute atomic E-state index is 0.0242. The van der Waals surface area contributed by atoms with E-state index >= 15 is 0 Å². The Morgan fingerprint density at radius 2 is 1.96 bits per heavy atom. The van der Waals surface area contributed by atoms with E-state index in [1.807, 2.05) is 0 Å². The van der Waals surface area contributed by atoms with Crippen molar-refractivity contribution in [3.63, 3.8) is 0 Å². The highest BCUT2D eigenvalue weighted by atomic mass is 32.2. The van der Waals surface area contributed by atoms with E-state index in [0.29, 0.717) is 0 Å². The first kappa shape index (κ1) is 16.8. The number of benzene rings is 1. The maximum Gasteiger partial charge on any atom is 0.271 e. The van der Waals surface area contributed by atoms with Crippen molar-refractivity contribution in [3.05, 3.63) is 47.9 Å². The molecule has 3 aromatic rings. The highest BCUT2D eigenvalue weighted by Crippen LogP contribution is 2.30. The molecule has 1 unspecified atom stereocenters. The molecule has 1 amide bonds. The van der Waals surface area contributed by atoms with E-state index in [2.05, 4.69) is 20.5 Å². The fourth-order valence-electron chi connectivity index (χ4n) is 2.23. The summed E-state index contributed by atoms with van der Waals surface area (Å²) in [6.45, 7) is 0. The number of fused-ring (bicyclic) bond motifs is 1. The van der Waals surface area contributed by atoms with Gasteiger partial charge >= 0.3 is 0 Å². The highest BCUT2D eigenvalue weighted by Gasteiger charge is 2.19. The number of amides is 1. The van der Waals surface area contributed by atoms with Gasteiger partial charge in [-0.15, -0.1) is 10.2 Å². The highest BCUT2D eigenvalue weighted by molar-refractivity contribution is 7.84. The van der Waals surface area contributed by atoms with Gasteiger partial charge in [0, 0.05) is 33.4 Å². The molecular weight excluding hydrogens is 352 g/mol. The quantitative estimate of drug-likeness (QED) is 0.732. The normalized spacial score (nSPS) is 12.1. The third-order valence-electron chi connectivity index (χ3n) is 3.33. The van der Waals surface area contributed by atoms with Crippen LogP contribution < -0.4 is 11.1 Å². The Kier molecular flexibility index (Phi) is 4.36. The lowest BCUT2D eigenvalue weighted by molar-refractivity contribution is 0.0995. The molecule has 128 valence electrons. The monoisotopic (exact) mass is 363 g/mol. The number of pyridine rings is 1. The number of hydrogen-bond donors (Lipinski definition) is 2. The van der Waals surface area contributed by atoms with E-state index in [9.17, 15) is 17.8 Å². The molecule has 1 aromatic carbocycles. The van der Waals surface area contributed by atoms with Gasteiger partial charge in [0.05, 0.1) is 23.8 Å². The minimum atomic E-state index is -1.48. The van der Waals surface area contributed by atoms with Gasteiger partial charge < -0.3 is 11.1 Å².